The fourth-order valence-electron chi connectivity index (χ4n) is 4.02. The monoisotopic (exact) mass is 521 g/mol. The number of hydrogen-bond acceptors (Lipinski definition) is 11. The van der Waals surface area contributed by atoms with Crippen LogP contribution < -0.4 is 51.0 Å². The number of aliphatic carboxylic acids is 1. The van der Waals surface area contributed by atoms with Gasteiger partial charge in [-0.05, 0) is 37.3 Å². The molecular formula is C23H28N7NaO6. The number of ether oxygens (including phenoxy) is 1. The molecular weight excluding hydrogens is 493 g/mol. The first-order chi connectivity index (χ1) is 17.3. The van der Waals surface area contributed by atoms with E-state index in [1.54, 1.807) is 6.92 Å². The summed E-state index contributed by atoms with van der Waals surface area (Å²) in [5, 5.41) is 37.1. The third-order valence-corrected chi connectivity index (χ3v) is 5.91. The van der Waals surface area contributed by atoms with Gasteiger partial charge in [0.15, 0.2) is 23.8 Å². The fourth-order valence-corrected chi connectivity index (χ4v) is 4.02. The molecule has 37 heavy (non-hydrogen) atoms. The number of rotatable bonds is 10. The Morgan fingerprint density at radius 3 is 2.46 bits per heavy atom. The number of benzene rings is 1. The van der Waals surface area contributed by atoms with Crippen LogP contribution in [0.1, 0.15) is 30.7 Å². The third-order valence-electron chi connectivity index (χ3n) is 5.91. The number of nitrogens with zero attached hydrogens (tertiary/aromatic N) is 4. The topological polar surface area (TPSA) is 201 Å². The first-order valence-electron chi connectivity index (χ1n) is 11.6. The van der Waals surface area contributed by atoms with Crippen LogP contribution in [0.2, 0.25) is 0 Å². The number of hydrogen-bond donors (Lipinski definition) is 5. The molecule has 3 heterocycles. The molecule has 0 saturated carbocycles. The second-order valence-electron chi connectivity index (χ2n) is 8.44. The molecule has 192 valence electrons. The van der Waals surface area contributed by atoms with Crippen molar-refractivity contribution in [3.8, 4) is 0 Å². The molecule has 0 radical (unpaired) electrons. The summed E-state index contributed by atoms with van der Waals surface area (Å²) >= 11 is 0. The van der Waals surface area contributed by atoms with Crippen molar-refractivity contribution in [3.05, 3.63) is 41.7 Å². The number of nitrogens with one attached hydrogen (secondary N) is 2. The maximum Gasteiger partial charge on any atom is 1.00 e. The minimum absolute atomic E-state index is 0. The summed E-state index contributed by atoms with van der Waals surface area (Å²) in [4.78, 5) is 35.7. The van der Waals surface area contributed by atoms with Gasteiger partial charge in [-0.25, -0.2) is 4.98 Å². The fraction of sp³-hybridized carbons (Fsp3) is 0.435. The quantitative estimate of drug-likeness (QED) is 0.161. The Bertz CT molecular complexity index is 1240. The molecule has 14 heteroatoms. The Kier molecular flexibility index (Phi) is 9.81. The van der Waals surface area contributed by atoms with E-state index < -0.39 is 36.4 Å². The summed E-state index contributed by atoms with van der Waals surface area (Å²) in [6.07, 6.45) is -2.76. The predicted molar refractivity (Wildman–Crippen MR) is 126 cm³/mol. The zero-order valence-corrected chi connectivity index (χ0v) is 22.6. The van der Waals surface area contributed by atoms with Crippen LogP contribution in [-0.2, 0) is 27.2 Å². The summed E-state index contributed by atoms with van der Waals surface area (Å²) < 4.78 is 7.08. The number of likely N-dealkylation sites (N-methyl/N-ethyl adjacent to an activating group) is 1. The van der Waals surface area contributed by atoms with E-state index >= 15 is 0 Å². The Labute approximate surface area is 234 Å². The van der Waals surface area contributed by atoms with Crippen LogP contribution in [0.5, 0.6) is 0 Å². The number of aliphatic hydroxyl groups is 2. The van der Waals surface area contributed by atoms with Crippen LogP contribution in [0.25, 0.3) is 11.2 Å². The first kappa shape index (κ1) is 28.8. The predicted octanol–water partition coefficient (Wildman–Crippen LogP) is -4.50. The summed E-state index contributed by atoms with van der Waals surface area (Å²) in [6, 6.07) is 7.61. The van der Waals surface area contributed by atoms with Gasteiger partial charge in [-0.2, -0.15) is 9.97 Å². The Morgan fingerprint density at radius 1 is 1.14 bits per heavy atom. The van der Waals surface area contributed by atoms with Crippen LogP contribution in [0.4, 0.5) is 11.8 Å². The number of carbonyl (C=O) groups excluding carboxylic acids is 2. The van der Waals surface area contributed by atoms with Gasteiger partial charge in [0.1, 0.15) is 17.7 Å². The third kappa shape index (κ3) is 6.55. The Hall–Kier alpha value is -2.81. The summed E-state index contributed by atoms with van der Waals surface area (Å²) in [7, 11) is 0. The number of carbonyl (C=O) groups is 2. The van der Waals surface area contributed by atoms with Crippen molar-refractivity contribution in [2.45, 2.75) is 50.7 Å². The summed E-state index contributed by atoms with van der Waals surface area (Å²) in [5.41, 5.74) is 8.58. The molecule has 6 N–H and O–H groups in total. The van der Waals surface area contributed by atoms with E-state index in [4.69, 9.17) is 10.5 Å². The molecule has 3 aromatic rings. The van der Waals surface area contributed by atoms with Gasteiger partial charge in [0.2, 0.25) is 5.95 Å². The standard InChI is InChI=1S/C23H29N7O6.Na/c1-2-25-21(35)18-16(33)17(34)22(36-18)30-11-27-15-19(24)28-23(29-20(15)30)26-10-9-13-5-3-12(4-6-13)7-8-14(31)32;/h3-6,11,16-18,22,33-34H,2,7-10H2,1H3,(H,25,35)(H,31,32)(H3,24,26,28,29);/q;+1/p-1/t16-,17+,18-,22+;/m0./s1. The maximum atomic E-state index is 12.2. The molecule has 4 atom stereocenters. The minimum atomic E-state index is -1.43. The van der Waals surface area contributed by atoms with Crippen LogP contribution in [0.3, 0.4) is 0 Å². The van der Waals surface area contributed by atoms with Crippen molar-refractivity contribution in [2.75, 3.05) is 24.1 Å². The zero-order valence-electron chi connectivity index (χ0n) is 20.6. The van der Waals surface area contributed by atoms with Gasteiger partial charge in [0.25, 0.3) is 5.91 Å². The van der Waals surface area contributed by atoms with Gasteiger partial charge in [0, 0.05) is 19.1 Å². The van der Waals surface area contributed by atoms with Crippen molar-refractivity contribution >= 4 is 34.8 Å². The maximum absolute atomic E-state index is 12.2. The number of fused-ring (bicyclic) bond motifs is 1. The number of aromatic nitrogens is 4. The Balaban J connectivity index is 0.00000380. The smallest absolute Gasteiger partial charge is 0.550 e. The summed E-state index contributed by atoms with van der Waals surface area (Å²) in [6.45, 7) is 2.57. The van der Waals surface area contributed by atoms with Crippen molar-refractivity contribution in [3.63, 3.8) is 0 Å². The van der Waals surface area contributed by atoms with Gasteiger partial charge < -0.3 is 41.2 Å². The SMILES string of the molecule is CCNC(=O)[C@H]1O[C@@H](n2cnc3c(N)nc(NCCc4ccc(CCC(=O)[O-])cc4)nc32)[C@H](O)[C@@H]1O.[Na+]. The van der Waals surface area contributed by atoms with Crippen LogP contribution in [0, 0.1) is 0 Å². The van der Waals surface area contributed by atoms with Crippen LogP contribution in [-0.4, -0.2) is 73.0 Å². The van der Waals surface area contributed by atoms with E-state index in [1.807, 2.05) is 24.3 Å². The number of aliphatic hydroxyl groups excluding tert-OH is 2. The molecule has 0 spiro atoms. The second-order valence-corrected chi connectivity index (χ2v) is 8.44. The number of anilines is 2. The van der Waals surface area contributed by atoms with Gasteiger partial charge in [-0.1, -0.05) is 24.3 Å². The van der Waals surface area contributed by atoms with E-state index in [2.05, 4.69) is 25.6 Å². The van der Waals surface area contributed by atoms with E-state index in [9.17, 15) is 24.9 Å². The van der Waals surface area contributed by atoms with Crippen LogP contribution in [0.15, 0.2) is 30.6 Å². The first-order valence-corrected chi connectivity index (χ1v) is 11.6. The number of aryl methyl sites for hydroxylation is 1. The van der Waals surface area contributed by atoms with E-state index in [-0.39, 0.29) is 53.4 Å². The molecule has 1 aromatic carbocycles. The number of nitrogen functional groups attached to an aromatic ring is 1. The molecule has 0 unspecified atom stereocenters. The molecule has 1 saturated heterocycles. The van der Waals surface area contributed by atoms with E-state index in [0.717, 1.165) is 11.1 Å². The Morgan fingerprint density at radius 2 is 1.81 bits per heavy atom. The summed E-state index contributed by atoms with van der Waals surface area (Å²) in [5.74, 6) is -1.25. The van der Waals surface area contributed by atoms with Crippen molar-refractivity contribution in [1.82, 2.24) is 24.8 Å². The number of carboxylic acids is 1. The molecule has 1 aliphatic heterocycles. The molecule has 1 aliphatic rings. The van der Waals surface area contributed by atoms with Gasteiger partial charge >= 0.3 is 29.6 Å². The molecule has 1 amide bonds. The largest absolute Gasteiger partial charge is 1.00 e. The molecule has 0 aliphatic carbocycles. The zero-order chi connectivity index (χ0) is 25.8. The molecule has 2 aromatic heterocycles. The number of imidazole rings is 1. The number of carboxylic acid groups (broad SMARTS) is 1. The van der Waals surface area contributed by atoms with Crippen LogP contribution >= 0.6 is 0 Å². The van der Waals surface area contributed by atoms with Gasteiger partial charge in [-0.15, -0.1) is 0 Å². The normalized spacial score (nSPS) is 20.9. The second kappa shape index (κ2) is 12.6. The molecule has 1 fully saturated rings. The molecule has 4 rings (SSSR count). The number of amides is 1. The number of nitrogens with two attached hydrogens (primary N) is 1. The average Bonchev–Trinajstić information content (AvgIpc) is 3.40. The minimum Gasteiger partial charge on any atom is -0.550 e. The van der Waals surface area contributed by atoms with Crippen molar-refractivity contribution in [1.29, 1.82) is 0 Å². The van der Waals surface area contributed by atoms with E-state index in [1.165, 1.54) is 10.9 Å². The average molecular weight is 522 g/mol. The van der Waals surface area contributed by atoms with Crippen molar-refractivity contribution < 1.29 is 59.2 Å². The van der Waals surface area contributed by atoms with Gasteiger partial charge in [-0.3, -0.25) is 9.36 Å². The van der Waals surface area contributed by atoms with Gasteiger partial charge in [0.05, 0.1) is 6.33 Å². The van der Waals surface area contributed by atoms with Crippen molar-refractivity contribution in [2.24, 2.45) is 0 Å². The molecule has 0 bridgehead atoms. The molecule has 13 nitrogen and oxygen atoms in total. The van der Waals surface area contributed by atoms with E-state index in [0.29, 0.717) is 31.4 Å².